The van der Waals surface area contributed by atoms with E-state index in [0.717, 1.165) is 22.3 Å². The molecule has 0 fully saturated rings. The van der Waals surface area contributed by atoms with Crippen LogP contribution in [0.4, 0.5) is 4.39 Å². The van der Waals surface area contributed by atoms with Crippen molar-refractivity contribution in [3.05, 3.63) is 82.7 Å². The summed E-state index contributed by atoms with van der Waals surface area (Å²) < 4.78 is 29.8. The summed E-state index contributed by atoms with van der Waals surface area (Å²) in [6.07, 6.45) is 0. The third-order valence-electron chi connectivity index (χ3n) is 5.61. The molecular weight excluding hydrogens is 423 g/mol. The zero-order valence-electron chi connectivity index (χ0n) is 18.8. The highest BCUT2D eigenvalue weighted by Gasteiger charge is 2.17. The first-order chi connectivity index (χ1) is 15.9. The van der Waals surface area contributed by atoms with E-state index >= 15 is 0 Å². The molecule has 0 bridgehead atoms. The zero-order chi connectivity index (χ0) is 23.5. The molecule has 33 heavy (non-hydrogen) atoms. The highest BCUT2D eigenvalue weighted by atomic mass is 19.1. The number of halogens is 1. The van der Waals surface area contributed by atoms with Crippen LogP contribution in [0.1, 0.15) is 27.0 Å². The number of rotatable bonds is 6. The molecule has 0 aliphatic heterocycles. The number of esters is 1. The Bertz CT molecular complexity index is 1330. The van der Waals surface area contributed by atoms with Crippen LogP contribution < -0.4 is 0 Å². The van der Waals surface area contributed by atoms with E-state index in [1.807, 2.05) is 24.3 Å². The Morgan fingerprint density at radius 3 is 2.52 bits per heavy atom. The van der Waals surface area contributed by atoms with Gasteiger partial charge in [-0.25, -0.2) is 9.18 Å². The number of ether oxygens (including phenoxy) is 2. The molecule has 0 N–H and O–H groups in total. The van der Waals surface area contributed by atoms with Gasteiger partial charge in [0.25, 0.3) is 5.89 Å². The monoisotopic (exact) mass is 446 g/mol. The fourth-order valence-electron chi connectivity index (χ4n) is 3.69. The Balaban J connectivity index is 1.70. The summed E-state index contributed by atoms with van der Waals surface area (Å²) in [6, 6.07) is 16.2. The average molecular weight is 446 g/mol. The summed E-state index contributed by atoms with van der Waals surface area (Å²) in [5, 5.41) is 3.98. The second kappa shape index (κ2) is 9.34. The van der Waals surface area contributed by atoms with Crippen molar-refractivity contribution in [1.82, 2.24) is 10.1 Å². The Kier molecular flexibility index (Phi) is 6.33. The Morgan fingerprint density at radius 2 is 1.79 bits per heavy atom. The number of nitrogens with zero attached hydrogens (tertiary/aromatic N) is 2. The van der Waals surface area contributed by atoms with Crippen molar-refractivity contribution in [3.63, 3.8) is 0 Å². The fourth-order valence-corrected chi connectivity index (χ4v) is 3.69. The van der Waals surface area contributed by atoms with Crippen molar-refractivity contribution in [1.29, 1.82) is 0 Å². The first-order valence-electron chi connectivity index (χ1n) is 10.3. The van der Waals surface area contributed by atoms with Gasteiger partial charge in [-0.1, -0.05) is 29.4 Å². The largest absolute Gasteiger partial charge is 0.465 e. The van der Waals surface area contributed by atoms with Crippen LogP contribution in [-0.4, -0.2) is 30.3 Å². The Morgan fingerprint density at radius 1 is 1.00 bits per heavy atom. The molecular formula is C26H23FN2O4. The van der Waals surface area contributed by atoms with Gasteiger partial charge in [0.2, 0.25) is 5.82 Å². The van der Waals surface area contributed by atoms with E-state index in [1.165, 1.54) is 30.4 Å². The molecule has 1 heterocycles. The van der Waals surface area contributed by atoms with Gasteiger partial charge >= 0.3 is 5.97 Å². The van der Waals surface area contributed by atoms with Crippen LogP contribution in [0.3, 0.4) is 0 Å². The van der Waals surface area contributed by atoms with Gasteiger partial charge in [0.05, 0.1) is 19.3 Å². The van der Waals surface area contributed by atoms with E-state index in [1.54, 1.807) is 13.2 Å². The van der Waals surface area contributed by atoms with Crippen LogP contribution in [0.2, 0.25) is 0 Å². The molecule has 1 aromatic heterocycles. The van der Waals surface area contributed by atoms with Crippen LogP contribution in [-0.2, 0) is 16.1 Å². The van der Waals surface area contributed by atoms with Crippen molar-refractivity contribution in [3.8, 4) is 34.0 Å². The fraction of sp³-hybridized carbons (Fsp3) is 0.192. The van der Waals surface area contributed by atoms with E-state index in [-0.39, 0.29) is 11.4 Å². The van der Waals surface area contributed by atoms with Crippen LogP contribution >= 0.6 is 0 Å². The average Bonchev–Trinajstić information content (AvgIpc) is 3.31. The molecule has 0 radical (unpaired) electrons. The molecule has 0 spiro atoms. The highest BCUT2D eigenvalue weighted by Crippen LogP contribution is 2.32. The number of carbonyl (C=O) groups excluding carboxylic acids is 1. The van der Waals surface area contributed by atoms with E-state index in [9.17, 15) is 9.18 Å². The summed E-state index contributed by atoms with van der Waals surface area (Å²) >= 11 is 0. The van der Waals surface area contributed by atoms with Crippen molar-refractivity contribution >= 4 is 5.97 Å². The van der Waals surface area contributed by atoms with Gasteiger partial charge in [0, 0.05) is 18.2 Å². The maximum Gasteiger partial charge on any atom is 0.340 e. The molecule has 7 heteroatoms. The summed E-state index contributed by atoms with van der Waals surface area (Å²) in [4.78, 5) is 16.0. The molecule has 6 nitrogen and oxygen atoms in total. The number of carbonyl (C=O) groups is 1. The van der Waals surface area contributed by atoms with Gasteiger partial charge in [-0.15, -0.1) is 0 Å². The maximum atomic E-state index is 14.3. The van der Waals surface area contributed by atoms with Gasteiger partial charge in [-0.2, -0.15) is 4.98 Å². The second-order valence-corrected chi connectivity index (χ2v) is 7.66. The third-order valence-corrected chi connectivity index (χ3v) is 5.61. The lowest BCUT2D eigenvalue weighted by Crippen LogP contribution is -2.04. The zero-order valence-corrected chi connectivity index (χ0v) is 18.8. The van der Waals surface area contributed by atoms with Crippen molar-refractivity contribution in [2.75, 3.05) is 14.2 Å². The lowest BCUT2D eigenvalue weighted by atomic mass is 9.92. The lowest BCUT2D eigenvalue weighted by Gasteiger charge is -2.14. The van der Waals surface area contributed by atoms with Gasteiger partial charge in [0.15, 0.2) is 0 Å². The molecule has 0 amide bonds. The molecule has 4 aromatic rings. The molecule has 168 valence electrons. The SMILES string of the molecule is COCc1cc(-c2nc(-c3ccc(C(=O)OC)c(F)c3)no2)ccc1-c1cccc(C)c1C. The number of benzene rings is 3. The predicted octanol–water partition coefficient (Wildman–Crippen LogP) is 5.76. The summed E-state index contributed by atoms with van der Waals surface area (Å²) in [7, 11) is 2.85. The van der Waals surface area contributed by atoms with E-state index in [2.05, 4.69) is 40.9 Å². The van der Waals surface area contributed by atoms with E-state index in [4.69, 9.17) is 9.26 Å². The number of hydrogen-bond acceptors (Lipinski definition) is 6. The number of methoxy groups -OCH3 is 2. The molecule has 0 saturated carbocycles. The number of aromatic nitrogens is 2. The topological polar surface area (TPSA) is 74.5 Å². The lowest BCUT2D eigenvalue weighted by molar-refractivity contribution is 0.0595. The van der Waals surface area contributed by atoms with Crippen molar-refractivity contribution in [2.45, 2.75) is 20.5 Å². The maximum absolute atomic E-state index is 14.3. The molecule has 0 aliphatic carbocycles. The minimum atomic E-state index is -0.748. The third kappa shape index (κ3) is 4.40. The molecule has 0 aliphatic rings. The minimum Gasteiger partial charge on any atom is -0.465 e. The number of hydrogen-bond donors (Lipinski definition) is 0. The summed E-state index contributed by atoms with van der Waals surface area (Å²) in [5.74, 6) is -0.951. The van der Waals surface area contributed by atoms with Crippen LogP contribution in [0, 0.1) is 19.7 Å². The first-order valence-corrected chi connectivity index (χ1v) is 10.3. The van der Waals surface area contributed by atoms with Crippen molar-refractivity contribution < 1.29 is 23.2 Å². The quantitative estimate of drug-likeness (QED) is 0.351. The van der Waals surface area contributed by atoms with Gasteiger partial charge < -0.3 is 14.0 Å². The van der Waals surface area contributed by atoms with Crippen LogP contribution in [0.15, 0.2) is 59.1 Å². The summed E-state index contributed by atoms with van der Waals surface area (Å²) in [5.41, 5.74) is 6.57. The molecule has 0 unspecified atom stereocenters. The molecule has 0 atom stereocenters. The normalized spacial score (nSPS) is 10.9. The van der Waals surface area contributed by atoms with Gasteiger partial charge in [-0.05, 0) is 72.0 Å². The standard InChI is InChI=1S/C26H23FN2O4/c1-15-6-5-7-20(16(15)2)21-10-9-18(12-19(21)14-31-3)25-28-24(29-33-25)17-8-11-22(23(27)13-17)26(30)32-4/h5-13H,14H2,1-4H3. The predicted molar refractivity (Wildman–Crippen MR) is 122 cm³/mol. The molecule has 4 rings (SSSR count). The smallest absolute Gasteiger partial charge is 0.340 e. The molecule has 0 saturated heterocycles. The summed E-state index contributed by atoms with van der Waals surface area (Å²) in [6.45, 7) is 4.60. The molecule has 3 aromatic carbocycles. The first kappa shape index (κ1) is 22.4. The van der Waals surface area contributed by atoms with Gasteiger partial charge in [-0.3, -0.25) is 0 Å². The van der Waals surface area contributed by atoms with Gasteiger partial charge in [0.1, 0.15) is 5.82 Å². The Labute approximate surface area is 191 Å². The minimum absolute atomic E-state index is 0.156. The van der Waals surface area contributed by atoms with E-state index < -0.39 is 11.8 Å². The van der Waals surface area contributed by atoms with Crippen molar-refractivity contribution in [2.24, 2.45) is 0 Å². The van der Waals surface area contributed by atoms with E-state index in [0.29, 0.717) is 18.1 Å². The second-order valence-electron chi connectivity index (χ2n) is 7.66. The number of aryl methyl sites for hydroxylation is 1. The van der Waals surface area contributed by atoms with Crippen LogP contribution in [0.5, 0.6) is 0 Å². The highest BCUT2D eigenvalue weighted by molar-refractivity contribution is 5.90. The Hall–Kier alpha value is -3.84. The van der Waals surface area contributed by atoms with Crippen LogP contribution in [0.25, 0.3) is 34.0 Å².